The molecule has 0 aliphatic carbocycles. The Morgan fingerprint density at radius 1 is 1.29 bits per heavy atom. The van der Waals surface area contributed by atoms with E-state index in [4.69, 9.17) is 0 Å². The van der Waals surface area contributed by atoms with Crippen molar-refractivity contribution in [3.63, 3.8) is 0 Å². The molecule has 0 bridgehead atoms. The second-order valence-corrected chi connectivity index (χ2v) is 8.31. The molecule has 0 saturated carbocycles. The van der Waals surface area contributed by atoms with Gasteiger partial charge in [0.2, 0.25) is 11.8 Å². The molecule has 2 rings (SSSR count). The topological polar surface area (TPSA) is 62.3 Å². The number of hydrogen-bond acceptors (Lipinski definition) is 5. The van der Waals surface area contributed by atoms with Crippen molar-refractivity contribution >= 4 is 34.5 Å². The molecule has 0 fully saturated rings. The normalized spacial score (nSPS) is 11.3. The molecule has 0 aliphatic heterocycles. The smallest absolute Gasteiger partial charge is 0.240 e. The average Bonchev–Trinajstić information content (AvgIpc) is 3.13. The van der Waals surface area contributed by atoms with Crippen LogP contribution in [-0.4, -0.2) is 40.3 Å². The highest BCUT2D eigenvalue weighted by atomic mass is 32.1. The number of thiophene rings is 1. The van der Waals surface area contributed by atoms with E-state index >= 15 is 0 Å². The Hall–Kier alpha value is -1.73. The van der Waals surface area contributed by atoms with Gasteiger partial charge in [-0.2, -0.15) is 0 Å². The van der Waals surface area contributed by atoms with E-state index < -0.39 is 0 Å². The Bertz CT molecular complexity index is 687. The van der Waals surface area contributed by atoms with E-state index in [1.54, 1.807) is 16.2 Å². The van der Waals surface area contributed by atoms with Crippen LogP contribution in [0.2, 0.25) is 0 Å². The maximum Gasteiger partial charge on any atom is 0.240 e. The standard InChI is InChI=1S/C17H23N3O2S2/c1-5-20(10-14(21)19-17(2,3)4)15(22)9-12-11-24-16(18-12)13-7-6-8-23-13/h6-8,11H,5,9-10H2,1-4H3,(H,19,21). The summed E-state index contributed by atoms with van der Waals surface area (Å²) in [6.45, 7) is 8.21. The van der Waals surface area contributed by atoms with Crippen molar-refractivity contribution in [2.45, 2.75) is 39.7 Å². The first kappa shape index (κ1) is 18.6. The number of carbonyl (C=O) groups is 2. The number of nitrogens with zero attached hydrogens (tertiary/aromatic N) is 2. The third kappa shape index (κ3) is 5.42. The Morgan fingerprint density at radius 2 is 2.04 bits per heavy atom. The summed E-state index contributed by atoms with van der Waals surface area (Å²) in [5.41, 5.74) is 0.451. The minimum Gasteiger partial charge on any atom is -0.350 e. The minimum atomic E-state index is -0.302. The lowest BCUT2D eigenvalue weighted by atomic mass is 10.1. The quantitative estimate of drug-likeness (QED) is 0.855. The molecule has 0 aliphatic rings. The van der Waals surface area contributed by atoms with Crippen molar-refractivity contribution in [3.8, 4) is 9.88 Å². The monoisotopic (exact) mass is 365 g/mol. The SMILES string of the molecule is CCN(CC(=O)NC(C)(C)C)C(=O)Cc1csc(-c2cccs2)n1. The van der Waals surface area contributed by atoms with E-state index in [0.717, 1.165) is 15.6 Å². The lowest BCUT2D eigenvalue weighted by molar-refractivity contribution is -0.135. The largest absolute Gasteiger partial charge is 0.350 e. The second-order valence-electron chi connectivity index (χ2n) is 6.50. The van der Waals surface area contributed by atoms with Crippen molar-refractivity contribution in [1.82, 2.24) is 15.2 Å². The molecule has 5 nitrogen and oxygen atoms in total. The van der Waals surface area contributed by atoms with E-state index in [1.807, 2.05) is 50.6 Å². The molecule has 1 N–H and O–H groups in total. The fourth-order valence-electron chi connectivity index (χ4n) is 2.18. The first-order valence-electron chi connectivity index (χ1n) is 7.85. The van der Waals surface area contributed by atoms with Crippen molar-refractivity contribution in [2.24, 2.45) is 0 Å². The Balaban J connectivity index is 1.95. The summed E-state index contributed by atoms with van der Waals surface area (Å²) in [7, 11) is 0. The summed E-state index contributed by atoms with van der Waals surface area (Å²) in [4.78, 5) is 31.7. The van der Waals surface area contributed by atoms with Crippen LogP contribution in [0.3, 0.4) is 0 Å². The van der Waals surface area contributed by atoms with Crippen LogP contribution < -0.4 is 5.32 Å². The molecular formula is C17H23N3O2S2. The zero-order chi connectivity index (χ0) is 17.7. The predicted molar refractivity (Wildman–Crippen MR) is 99.3 cm³/mol. The molecule has 2 heterocycles. The molecule has 7 heteroatoms. The molecule has 24 heavy (non-hydrogen) atoms. The zero-order valence-corrected chi connectivity index (χ0v) is 16.1. The number of nitrogens with one attached hydrogen (secondary N) is 1. The molecule has 0 atom stereocenters. The maximum atomic E-state index is 12.5. The molecule has 0 spiro atoms. The molecule has 0 saturated heterocycles. The van der Waals surface area contributed by atoms with Crippen LogP contribution in [0.5, 0.6) is 0 Å². The number of amides is 2. The van der Waals surface area contributed by atoms with Crippen LogP contribution in [0.1, 0.15) is 33.4 Å². The van der Waals surface area contributed by atoms with Crippen molar-refractivity contribution in [1.29, 1.82) is 0 Å². The van der Waals surface area contributed by atoms with Crippen LogP contribution in [0.4, 0.5) is 0 Å². The number of hydrogen-bond donors (Lipinski definition) is 1. The number of carbonyl (C=O) groups excluding carboxylic acids is 2. The fourth-order valence-corrected chi connectivity index (χ4v) is 3.81. The van der Waals surface area contributed by atoms with Crippen LogP contribution >= 0.6 is 22.7 Å². The van der Waals surface area contributed by atoms with Crippen molar-refractivity contribution < 1.29 is 9.59 Å². The van der Waals surface area contributed by atoms with Crippen LogP contribution in [0.15, 0.2) is 22.9 Å². The molecule has 0 aromatic carbocycles. The highest BCUT2D eigenvalue weighted by molar-refractivity contribution is 7.20. The van der Waals surface area contributed by atoms with Crippen LogP contribution in [0.25, 0.3) is 9.88 Å². The highest BCUT2D eigenvalue weighted by Crippen LogP contribution is 2.27. The van der Waals surface area contributed by atoms with Gasteiger partial charge in [-0.05, 0) is 39.1 Å². The third-order valence-corrected chi connectivity index (χ3v) is 5.13. The molecular weight excluding hydrogens is 342 g/mol. The number of likely N-dealkylation sites (N-methyl/N-ethyl adjacent to an activating group) is 1. The summed E-state index contributed by atoms with van der Waals surface area (Å²) in [6.07, 6.45) is 0.221. The average molecular weight is 366 g/mol. The van der Waals surface area contributed by atoms with E-state index in [-0.39, 0.29) is 30.3 Å². The van der Waals surface area contributed by atoms with Gasteiger partial charge in [-0.25, -0.2) is 4.98 Å². The van der Waals surface area contributed by atoms with Gasteiger partial charge in [-0.3, -0.25) is 9.59 Å². The number of thiazole rings is 1. The van der Waals surface area contributed by atoms with Crippen LogP contribution in [0, 0.1) is 0 Å². The summed E-state index contributed by atoms with van der Waals surface area (Å²) in [5.74, 6) is -0.222. The van der Waals surface area contributed by atoms with Gasteiger partial charge in [-0.15, -0.1) is 22.7 Å². The Morgan fingerprint density at radius 3 is 2.62 bits per heavy atom. The second kappa shape index (κ2) is 7.90. The Kier molecular flexibility index (Phi) is 6.12. The first-order valence-corrected chi connectivity index (χ1v) is 9.61. The van der Waals surface area contributed by atoms with E-state index in [0.29, 0.717) is 6.54 Å². The minimum absolute atomic E-state index is 0.0779. The van der Waals surface area contributed by atoms with Crippen molar-refractivity contribution in [3.05, 3.63) is 28.6 Å². The number of rotatable bonds is 6. The molecule has 0 unspecified atom stereocenters. The summed E-state index contributed by atoms with van der Waals surface area (Å²) in [5, 5.41) is 7.73. The lowest BCUT2D eigenvalue weighted by Gasteiger charge is -2.25. The molecule has 2 aromatic rings. The van der Waals surface area contributed by atoms with Crippen molar-refractivity contribution in [2.75, 3.05) is 13.1 Å². The van der Waals surface area contributed by atoms with Gasteiger partial charge >= 0.3 is 0 Å². The van der Waals surface area contributed by atoms with Gasteiger partial charge in [-0.1, -0.05) is 6.07 Å². The van der Waals surface area contributed by atoms with E-state index in [9.17, 15) is 9.59 Å². The van der Waals surface area contributed by atoms with Gasteiger partial charge in [0.25, 0.3) is 0 Å². The zero-order valence-electron chi connectivity index (χ0n) is 14.5. The molecule has 130 valence electrons. The predicted octanol–water partition coefficient (Wildman–Crippen LogP) is 3.18. The van der Waals surface area contributed by atoms with Gasteiger partial charge < -0.3 is 10.2 Å². The van der Waals surface area contributed by atoms with Gasteiger partial charge in [0.05, 0.1) is 23.5 Å². The van der Waals surface area contributed by atoms with Crippen LogP contribution in [-0.2, 0) is 16.0 Å². The van der Waals surface area contributed by atoms with Gasteiger partial charge in [0.1, 0.15) is 5.01 Å². The molecule has 2 aromatic heterocycles. The first-order chi connectivity index (χ1) is 11.3. The summed E-state index contributed by atoms with van der Waals surface area (Å²) >= 11 is 3.17. The molecule has 2 amide bonds. The molecule has 0 radical (unpaired) electrons. The highest BCUT2D eigenvalue weighted by Gasteiger charge is 2.20. The lowest BCUT2D eigenvalue weighted by Crippen LogP contribution is -2.47. The van der Waals surface area contributed by atoms with Gasteiger partial charge in [0.15, 0.2) is 0 Å². The fraction of sp³-hybridized carbons (Fsp3) is 0.471. The third-order valence-electron chi connectivity index (χ3n) is 3.20. The maximum absolute atomic E-state index is 12.5. The Labute approximate surface area is 150 Å². The number of aromatic nitrogens is 1. The van der Waals surface area contributed by atoms with Gasteiger partial charge in [0, 0.05) is 17.5 Å². The van der Waals surface area contributed by atoms with E-state index in [2.05, 4.69) is 10.3 Å². The summed E-state index contributed by atoms with van der Waals surface area (Å²) < 4.78 is 0. The van der Waals surface area contributed by atoms with E-state index in [1.165, 1.54) is 11.3 Å². The summed E-state index contributed by atoms with van der Waals surface area (Å²) in [6, 6.07) is 4.00.